The highest BCUT2D eigenvalue weighted by Gasteiger charge is 2.37. The van der Waals surface area contributed by atoms with Gasteiger partial charge in [0.1, 0.15) is 24.9 Å². The average Bonchev–Trinajstić information content (AvgIpc) is 3.43. The number of piperidine rings is 1. The van der Waals surface area contributed by atoms with Gasteiger partial charge in [-0.25, -0.2) is 9.18 Å². The Bertz CT molecular complexity index is 1240. The number of ether oxygens (including phenoxy) is 1. The van der Waals surface area contributed by atoms with Gasteiger partial charge in [-0.05, 0) is 57.4 Å². The molecule has 4 atom stereocenters. The summed E-state index contributed by atoms with van der Waals surface area (Å²) in [5.41, 5.74) is 0.753. The van der Waals surface area contributed by atoms with Crippen molar-refractivity contribution in [2.75, 3.05) is 26.2 Å². The summed E-state index contributed by atoms with van der Waals surface area (Å²) in [6.07, 6.45) is -0.630. The van der Waals surface area contributed by atoms with Gasteiger partial charge >= 0.3 is 6.09 Å². The molecule has 2 aliphatic rings. The monoisotopic (exact) mass is 660 g/mol. The smallest absolute Gasteiger partial charge is 0.408 e. The quantitative estimate of drug-likeness (QED) is 0.165. The lowest BCUT2D eigenvalue weighted by atomic mass is 9.94. The van der Waals surface area contributed by atoms with E-state index in [0.29, 0.717) is 38.9 Å². The molecule has 2 fully saturated rings. The summed E-state index contributed by atoms with van der Waals surface area (Å²) in [4.78, 5) is 80.2. The standard InChI is InChI=1S/C33H49FN6O7/c1-20(2)16-26(30(43)37-25(17-23-10-13-35-29(23)42)28(41)32(45)36-21(3)4)38-31(44)27(18-40-14-11-24(34)12-15-40)39-33(46)47-19-22-8-6-5-7-9-22/h5-9,20-21,23-27H,10-19H2,1-4H3,(H,35,42)(H,36,45)(H,37,43)(H,38,44)(H,39,46)/t23-,25-,26-,27-/m0/s1. The summed E-state index contributed by atoms with van der Waals surface area (Å²) < 4.78 is 19.2. The average molecular weight is 661 g/mol. The number of hydrogen-bond acceptors (Lipinski definition) is 8. The number of nitrogens with zero attached hydrogens (tertiary/aromatic N) is 1. The van der Waals surface area contributed by atoms with E-state index in [1.165, 1.54) is 0 Å². The Kier molecular flexibility index (Phi) is 14.6. The molecule has 1 aromatic rings. The topological polar surface area (TPSA) is 175 Å². The van der Waals surface area contributed by atoms with E-state index in [1.807, 2.05) is 24.8 Å². The number of amides is 5. The number of alkyl halides is 1. The van der Waals surface area contributed by atoms with Crippen LogP contribution in [0.2, 0.25) is 0 Å². The zero-order valence-corrected chi connectivity index (χ0v) is 27.7. The van der Waals surface area contributed by atoms with E-state index in [1.54, 1.807) is 38.1 Å². The number of hydrogen-bond donors (Lipinski definition) is 5. The van der Waals surface area contributed by atoms with Crippen LogP contribution in [0.4, 0.5) is 9.18 Å². The number of rotatable bonds is 16. The van der Waals surface area contributed by atoms with Crippen molar-refractivity contribution in [3.63, 3.8) is 0 Å². The van der Waals surface area contributed by atoms with Gasteiger partial charge in [0.15, 0.2) is 0 Å². The molecule has 5 amide bonds. The third kappa shape index (κ3) is 12.6. The van der Waals surface area contributed by atoms with Crippen molar-refractivity contribution < 1.29 is 37.9 Å². The Morgan fingerprint density at radius 1 is 0.894 bits per heavy atom. The maximum atomic E-state index is 13.8. The summed E-state index contributed by atoms with van der Waals surface area (Å²) in [7, 11) is 0. The number of ketones is 1. The molecular formula is C33H49FN6O7. The maximum absolute atomic E-state index is 13.8. The molecule has 13 nitrogen and oxygen atoms in total. The van der Waals surface area contributed by atoms with Crippen LogP contribution >= 0.6 is 0 Å². The zero-order chi connectivity index (χ0) is 34.5. The lowest BCUT2D eigenvalue weighted by molar-refractivity contribution is -0.141. The number of alkyl carbamates (subject to hydrolysis) is 1. The Morgan fingerprint density at radius 2 is 1.53 bits per heavy atom. The number of carbonyl (C=O) groups excluding carboxylic acids is 6. The fourth-order valence-electron chi connectivity index (χ4n) is 5.57. The normalized spacial score (nSPS) is 19.0. The van der Waals surface area contributed by atoms with Crippen molar-refractivity contribution in [3.05, 3.63) is 35.9 Å². The van der Waals surface area contributed by atoms with E-state index in [-0.39, 0.29) is 43.9 Å². The van der Waals surface area contributed by atoms with Crippen LogP contribution in [0.5, 0.6) is 0 Å². The maximum Gasteiger partial charge on any atom is 0.408 e. The molecule has 1 aromatic carbocycles. The van der Waals surface area contributed by atoms with E-state index in [2.05, 4.69) is 26.6 Å². The lowest BCUT2D eigenvalue weighted by Crippen LogP contribution is -2.59. The van der Waals surface area contributed by atoms with Crippen LogP contribution in [-0.4, -0.2) is 96.9 Å². The predicted octanol–water partition coefficient (Wildman–Crippen LogP) is 1.35. The molecule has 3 rings (SSSR count). The third-order valence-electron chi connectivity index (χ3n) is 8.08. The molecule has 2 aliphatic heterocycles. The largest absolute Gasteiger partial charge is 0.445 e. The Balaban J connectivity index is 1.76. The van der Waals surface area contributed by atoms with Crippen molar-refractivity contribution >= 4 is 35.5 Å². The second-order valence-electron chi connectivity index (χ2n) is 13.0. The van der Waals surface area contributed by atoms with Crippen LogP contribution in [0.25, 0.3) is 0 Å². The molecule has 2 saturated heterocycles. The molecule has 47 heavy (non-hydrogen) atoms. The van der Waals surface area contributed by atoms with Crippen LogP contribution in [0, 0.1) is 11.8 Å². The highest BCUT2D eigenvalue weighted by molar-refractivity contribution is 6.38. The first-order valence-corrected chi connectivity index (χ1v) is 16.4. The summed E-state index contributed by atoms with van der Waals surface area (Å²) >= 11 is 0. The van der Waals surface area contributed by atoms with Crippen molar-refractivity contribution in [3.8, 4) is 0 Å². The van der Waals surface area contributed by atoms with Crippen molar-refractivity contribution in [2.24, 2.45) is 11.8 Å². The van der Waals surface area contributed by atoms with Gasteiger partial charge in [-0.15, -0.1) is 0 Å². The minimum atomic E-state index is -1.30. The molecule has 260 valence electrons. The van der Waals surface area contributed by atoms with E-state index in [9.17, 15) is 33.2 Å². The van der Waals surface area contributed by atoms with Gasteiger partial charge in [-0.2, -0.15) is 0 Å². The zero-order valence-electron chi connectivity index (χ0n) is 27.7. The molecule has 0 spiro atoms. The molecule has 2 heterocycles. The number of nitrogens with one attached hydrogen (secondary N) is 5. The molecule has 0 unspecified atom stereocenters. The molecular weight excluding hydrogens is 611 g/mol. The first-order chi connectivity index (χ1) is 22.3. The number of carbonyl (C=O) groups is 6. The number of benzene rings is 1. The van der Waals surface area contributed by atoms with Crippen molar-refractivity contribution in [1.29, 1.82) is 0 Å². The fourth-order valence-corrected chi connectivity index (χ4v) is 5.57. The van der Waals surface area contributed by atoms with Crippen LogP contribution in [-0.2, 0) is 35.3 Å². The third-order valence-corrected chi connectivity index (χ3v) is 8.08. The summed E-state index contributed by atoms with van der Waals surface area (Å²) in [6, 6.07) is 5.11. The van der Waals surface area contributed by atoms with Gasteiger partial charge in [0.25, 0.3) is 5.91 Å². The molecule has 0 aliphatic carbocycles. The molecule has 0 aromatic heterocycles. The SMILES string of the molecule is CC(C)C[C@H](NC(=O)[C@H](CN1CCC(F)CC1)NC(=O)OCc1ccccc1)C(=O)N[C@@H](C[C@@H]1CCNC1=O)C(=O)C(=O)NC(C)C. The number of likely N-dealkylation sites (tertiary alicyclic amines) is 1. The molecule has 5 N–H and O–H groups in total. The first-order valence-electron chi connectivity index (χ1n) is 16.4. The molecule has 0 bridgehead atoms. The minimum Gasteiger partial charge on any atom is -0.445 e. The van der Waals surface area contributed by atoms with Crippen LogP contribution < -0.4 is 26.6 Å². The fraction of sp³-hybridized carbons (Fsp3) is 0.636. The second kappa shape index (κ2) is 18.3. The Morgan fingerprint density at radius 3 is 2.13 bits per heavy atom. The Labute approximate surface area is 275 Å². The van der Waals surface area contributed by atoms with Crippen LogP contribution in [0.3, 0.4) is 0 Å². The van der Waals surface area contributed by atoms with E-state index < -0.39 is 59.8 Å². The van der Waals surface area contributed by atoms with E-state index in [0.717, 1.165) is 5.56 Å². The Hall–Kier alpha value is -4.07. The van der Waals surface area contributed by atoms with Crippen molar-refractivity contribution in [2.45, 2.75) is 96.7 Å². The second-order valence-corrected chi connectivity index (χ2v) is 13.0. The van der Waals surface area contributed by atoms with Crippen LogP contribution in [0.1, 0.15) is 65.4 Å². The molecule has 14 heteroatoms. The summed E-state index contributed by atoms with van der Waals surface area (Å²) in [5.74, 6) is -4.06. The summed E-state index contributed by atoms with van der Waals surface area (Å²) in [5, 5.41) is 13.2. The minimum absolute atomic E-state index is 0.0224. The van der Waals surface area contributed by atoms with Crippen LogP contribution in [0.15, 0.2) is 30.3 Å². The van der Waals surface area contributed by atoms with Gasteiger partial charge in [0, 0.05) is 38.1 Å². The van der Waals surface area contributed by atoms with E-state index in [4.69, 9.17) is 4.74 Å². The molecule has 0 saturated carbocycles. The number of Topliss-reactive ketones (excluding diaryl/α,β-unsaturated/α-hetero) is 1. The van der Waals surface area contributed by atoms with Gasteiger partial charge in [-0.1, -0.05) is 44.2 Å². The highest BCUT2D eigenvalue weighted by Crippen LogP contribution is 2.18. The number of halogens is 1. The summed E-state index contributed by atoms with van der Waals surface area (Å²) in [6.45, 7) is 8.33. The van der Waals surface area contributed by atoms with Crippen molar-refractivity contribution in [1.82, 2.24) is 31.5 Å². The lowest BCUT2D eigenvalue weighted by Gasteiger charge is -2.32. The van der Waals surface area contributed by atoms with Gasteiger partial charge < -0.3 is 36.2 Å². The van der Waals surface area contributed by atoms with Gasteiger partial charge in [0.2, 0.25) is 23.5 Å². The molecule has 0 radical (unpaired) electrons. The first kappa shape index (κ1) is 37.4. The van der Waals surface area contributed by atoms with E-state index >= 15 is 0 Å². The van der Waals surface area contributed by atoms with Gasteiger partial charge in [0.05, 0.1) is 6.04 Å². The van der Waals surface area contributed by atoms with Gasteiger partial charge in [-0.3, -0.25) is 24.0 Å². The predicted molar refractivity (Wildman–Crippen MR) is 171 cm³/mol. The highest BCUT2D eigenvalue weighted by atomic mass is 19.1.